The van der Waals surface area contributed by atoms with Crippen molar-refractivity contribution in [1.82, 2.24) is 14.8 Å². The molecule has 0 spiro atoms. The van der Waals surface area contributed by atoms with Gasteiger partial charge in [-0.2, -0.15) is 0 Å². The summed E-state index contributed by atoms with van der Waals surface area (Å²) < 4.78 is 1.57. The summed E-state index contributed by atoms with van der Waals surface area (Å²) in [6, 6.07) is -0.00463. The summed E-state index contributed by atoms with van der Waals surface area (Å²) >= 11 is 5.49. The molecule has 0 aliphatic heterocycles. The third-order valence-electron chi connectivity index (χ3n) is 1.54. The zero-order valence-corrected chi connectivity index (χ0v) is 6.99. The van der Waals surface area contributed by atoms with E-state index in [2.05, 4.69) is 10.1 Å². The van der Waals surface area contributed by atoms with Crippen molar-refractivity contribution < 1.29 is 5.11 Å². The third kappa shape index (κ3) is 1.91. The summed E-state index contributed by atoms with van der Waals surface area (Å²) in [7, 11) is 0. The average Bonchev–Trinajstić information content (AvgIpc) is 2.39. The molecule has 1 unspecified atom stereocenters. The molecular formula is C6H10ClN3O. The lowest BCUT2D eigenvalue weighted by Crippen LogP contribution is -2.12. The van der Waals surface area contributed by atoms with E-state index in [1.165, 1.54) is 6.33 Å². The maximum absolute atomic E-state index is 8.86. The Kier molecular flexibility index (Phi) is 2.84. The van der Waals surface area contributed by atoms with Gasteiger partial charge in [0.15, 0.2) is 0 Å². The highest BCUT2D eigenvalue weighted by molar-refractivity contribution is 6.28. The molecule has 0 aliphatic rings. The first-order valence-corrected chi connectivity index (χ1v) is 3.83. The predicted octanol–water partition coefficient (Wildman–Crippen LogP) is 0.875. The number of aromatic nitrogens is 3. The Hall–Kier alpha value is -0.610. The first kappa shape index (κ1) is 8.49. The van der Waals surface area contributed by atoms with Crippen LogP contribution in [0.2, 0.25) is 5.28 Å². The molecular weight excluding hydrogens is 166 g/mol. The fourth-order valence-electron chi connectivity index (χ4n) is 0.829. The van der Waals surface area contributed by atoms with E-state index < -0.39 is 0 Å². The highest BCUT2D eigenvalue weighted by Gasteiger charge is 2.07. The van der Waals surface area contributed by atoms with E-state index in [0.29, 0.717) is 0 Å². The Morgan fingerprint density at radius 1 is 1.82 bits per heavy atom. The SMILES string of the molecule is CCC(CO)n1cnc(Cl)n1. The summed E-state index contributed by atoms with van der Waals surface area (Å²) in [6.07, 6.45) is 2.34. The maximum atomic E-state index is 8.86. The minimum absolute atomic E-state index is 0.00463. The van der Waals surface area contributed by atoms with Gasteiger partial charge in [0, 0.05) is 0 Å². The van der Waals surface area contributed by atoms with Crippen molar-refractivity contribution in [3.05, 3.63) is 11.6 Å². The molecule has 0 bridgehead atoms. The van der Waals surface area contributed by atoms with E-state index in [1.54, 1.807) is 4.68 Å². The van der Waals surface area contributed by atoms with Crippen LogP contribution in [-0.4, -0.2) is 26.5 Å². The van der Waals surface area contributed by atoms with Crippen LogP contribution in [0.25, 0.3) is 0 Å². The van der Waals surface area contributed by atoms with E-state index in [4.69, 9.17) is 16.7 Å². The Bertz CT molecular complexity index is 221. The number of rotatable bonds is 3. The van der Waals surface area contributed by atoms with Gasteiger partial charge in [0.2, 0.25) is 5.28 Å². The Labute approximate surface area is 69.8 Å². The summed E-state index contributed by atoms with van der Waals surface area (Å²) in [5.41, 5.74) is 0. The topological polar surface area (TPSA) is 50.9 Å². The highest BCUT2D eigenvalue weighted by Crippen LogP contribution is 2.09. The van der Waals surface area contributed by atoms with Gasteiger partial charge in [0.05, 0.1) is 12.6 Å². The molecule has 1 aromatic heterocycles. The van der Waals surface area contributed by atoms with Gasteiger partial charge < -0.3 is 5.11 Å². The molecule has 0 aliphatic carbocycles. The summed E-state index contributed by atoms with van der Waals surface area (Å²) in [4.78, 5) is 3.74. The molecule has 1 heterocycles. The Morgan fingerprint density at radius 2 is 2.55 bits per heavy atom. The van der Waals surface area contributed by atoms with Crippen molar-refractivity contribution in [3.8, 4) is 0 Å². The van der Waals surface area contributed by atoms with E-state index in [0.717, 1.165) is 6.42 Å². The number of aliphatic hydroxyl groups is 1. The molecule has 0 radical (unpaired) electrons. The Morgan fingerprint density at radius 3 is 2.91 bits per heavy atom. The van der Waals surface area contributed by atoms with Crippen molar-refractivity contribution in [3.63, 3.8) is 0 Å². The van der Waals surface area contributed by atoms with Crippen LogP contribution in [0.3, 0.4) is 0 Å². The van der Waals surface area contributed by atoms with E-state index in [1.807, 2.05) is 6.92 Å². The monoisotopic (exact) mass is 175 g/mol. The van der Waals surface area contributed by atoms with Crippen LogP contribution in [0.4, 0.5) is 0 Å². The molecule has 11 heavy (non-hydrogen) atoms. The quantitative estimate of drug-likeness (QED) is 0.742. The molecule has 0 fully saturated rings. The van der Waals surface area contributed by atoms with Gasteiger partial charge in [-0.25, -0.2) is 9.67 Å². The van der Waals surface area contributed by atoms with Crippen molar-refractivity contribution in [1.29, 1.82) is 0 Å². The average molecular weight is 176 g/mol. The lowest BCUT2D eigenvalue weighted by molar-refractivity contribution is 0.214. The lowest BCUT2D eigenvalue weighted by Gasteiger charge is -2.09. The zero-order valence-electron chi connectivity index (χ0n) is 6.24. The number of hydrogen-bond donors (Lipinski definition) is 1. The van der Waals surface area contributed by atoms with E-state index in [9.17, 15) is 0 Å². The van der Waals surface area contributed by atoms with Crippen LogP contribution in [0.5, 0.6) is 0 Å². The summed E-state index contributed by atoms with van der Waals surface area (Å²) in [6.45, 7) is 2.03. The van der Waals surface area contributed by atoms with Gasteiger partial charge in [0.1, 0.15) is 6.33 Å². The smallest absolute Gasteiger partial charge is 0.242 e. The Balaban J connectivity index is 2.73. The molecule has 1 rings (SSSR count). The fraction of sp³-hybridized carbons (Fsp3) is 0.667. The fourth-order valence-corrected chi connectivity index (χ4v) is 0.960. The summed E-state index contributed by atoms with van der Waals surface area (Å²) in [5.74, 6) is 0. The first-order chi connectivity index (χ1) is 5.27. The molecule has 0 amide bonds. The molecule has 0 saturated carbocycles. The largest absolute Gasteiger partial charge is 0.394 e. The molecule has 0 saturated heterocycles. The normalized spacial score (nSPS) is 13.4. The highest BCUT2D eigenvalue weighted by atomic mass is 35.5. The molecule has 5 heteroatoms. The maximum Gasteiger partial charge on any atom is 0.242 e. The van der Waals surface area contributed by atoms with Gasteiger partial charge in [-0.3, -0.25) is 0 Å². The van der Waals surface area contributed by atoms with Gasteiger partial charge in [-0.1, -0.05) is 6.92 Å². The molecule has 62 valence electrons. The standard InChI is InChI=1S/C6H10ClN3O/c1-2-5(3-11)10-4-8-6(7)9-10/h4-5,11H,2-3H2,1H3. The lowest BCUT2D eigenvalue weighted by atomic mass is 10.2. The van der Waals surface area contributed by atoms with Gasteiger partial charge in [-0.15, -0.1) is 5.10 Å². The minimum Gasteiger partial charge on any atom is -0.394 e. The molecule has 4 nitrogen and oxygen atoms in total. The van der Waals surface area contributed by atoms with Crippen LogP contribution in [-0.2, 0) is 0 Å². The molecule has 1 aromatic rings. The first-order valence-electron chi connectivity index (χ1n) is 3.45. The zero-order chi connectivity index (χ0) is 8.27. The second-order valence-corrected chi connectivity index (χ2v) is 2.58. The van der Waals surface area contributed by atoms with Crippen molar-refractivity contribution in [2.45, 2.75) is 19.4 Å². The molecule has 1 N–H and O–H groups in total. The number of aliphatic hydroxyl groups excluding tert-OH is 1. The van der Waals surface area contributed by atoms with E-state index in [-0.39, 0.29) is 17.9 Å². The second-order valence-electron chi connectivity index (χ2n) is 2.24. The van der Waals surface area contributed by atoms with Crippen LogP contribution in [0.1, 0.15) is 19.4 Å². The van der Waals surface area contributed by atoms with Crippen LogP contribution in [0, 0.1) is 0 Å². The van der Waals surface area contributed by atoms with Crippen LogP contribution in [0.15, 0.2) is 6.33 Å². The van der Waals surface area contributed by atoms with Crippen LogP contribution >= 0.6 is 11.6 Å². The number of nitrogens with zero attached hydrogens (tertiary/aromatic N) is 3. The second kappa shape index (κ2) is 3.69. The van der Waals surface area contributed by atoms with E-state index >= 15 is 0 Å². The van der Waals surface area contributed by atoms with Gasteiger partial charge >= 0.3 is 0 Å². The third-order valence-corrected chi connectivity index (χ3v) is 1.71. The number of halogens is 1. The van der Waals surface area contributed by atoms with Crippen molar-refractivity contribution in [2.24, 2.45) is 0 Å². The van der Waals surface area contributed by atoms with Crippen molar-refractivity contribution >= 4 is 11.6 Å². The van der Waals surface area contributed by atoms with Crippen molar-refractivity contribution in [2.75, 3.05) is 6.61 Å². The predicted molar refractivity (Wildman–Crippen MR) is 41.4 cm³/mol. The number of hydrogen-bond acceptors (Lipinski definition) is 3. The van der Waals surface area contributed by atoms with Crippen LogP contribution < -0.4 is 0 Å². The summed E-state index contributed by atoms with van der Waals surface area (Å²) in [5, 5.41) is 12.9. The molecule has 1 atom stereocenters. The van der Waals surface area contributed by atoms with Gasteiger partial charge in [0.25, 0.3) is 0 Å². The minimum atomic E-state index is -0.00463. The molecule has 0 aromatic carbocycles. The van der Waals surface area contributed by atoms with Gasteiger partial charge in [-0.05, 0) is 18.0 Å².